The molecule has 76 valence electrons. The molecule has 15 heavy (non-hydrogen) atoms. The van der Waals surface area contributed by atoms with Crippen molar-refractivity contribution in [1.82, 2.24) is 0 Å². The summed E-state index contributed by atoms with van der Waals surface area (Å²) < 4.78 is 21.7. The average Bonchev–Trinajstić information content (AvgIpc) is 2.02. The van der Waals surface area contributed by atoms with E-state index in [1.165, 1.54) is 6.07 Å². The van der Waals surface area contributed by atoms with Crippen LogP contribution in [0.5, 0.6) is 0 Å². The average molecular weight is 319 g/mol. The molecule has 0 amide bonds. The number of thiol groups is 1. The summed E-state index contributed by atoms with van der Waals surface area (Å²) in [5.74, 6) is 0. The Labute approximate surface area is 109 Å². The molecule has 0 saturated carbocycles. The Morgan fingerprint density at radius 2 is 1.93 bits per heavy atom. The molecule has 1 rings (SSSR count). The maximum atomic E-state index is 10.8. The Hall–Kier alpha value is -0.167. The third-order valence-electron chi connectivity index (χ3n) is 1.43. The van der Waals surface area contributed by atoms with E-state index in [1.807, 2.05) is 0 Å². The molecular formula is C6H4ClNO4S2Zn+2. The number of halogens is 1. The number of nitro benzene ring substituents is 1. The van der Waals surface area contributed by atoms with Crippen molar-refractivity contribution in [2.24, 2.45) is 0 Å². The Morgan fingerprint density at radius 3 is 2.33 bits per heavy atom. The van der Waals surface area contributed by atoms with Gasteiger partial charge in [0, 0.05) is 16.7 Å². The van der Waals surface area contributed by atoms with Crippen LogP contribution in [-0.4, -0.2) is 13.3 Å². The van der Waals surface area contributed by atoms with Crippen molar-refractivity contribution in [2.75, 3.05) is 0 Å². The molecule has 0 N–H and O–H groups in total. The zero-order chi connectivity index (χ0) is 10.9. The molecule has 0 aliphatic carbocycles. The van der Waals surface area contributed by atoms with Crippen LogP contribution in [0.4, 0.5) is 5.69 Å². The van der Waals surface area contributed by atoms with Crippen molar-refractivity contribution in [1.29, 1.82) is 0 Å². The molecule has 0 heterocycles. The van der Waals surface area contributed by atoms with E-state index in [1.54, 1.807) is 0 Å². The summed E-state index contributed by atoms with van der Waals surface area (Å²) in [6.45, 7) is 0. The number of nitro groups is 1. The third kappa shape index (κ3) is 3.72. The summed E-state index contributed by atoms with van der Waals surface area (Å²) in [7, 11) is 1.07. The standard InChI is InChI=1S/C6H4ClNO4S2.Zn/c7-14(11,12)4-1-2-6(13)5(3-4)8(9)10;/h1-3,13H;/q;+2. The van der Waals surface area contributed by atoms with Gasteiger partial charge in [0.1, 0.15) is 0 Å². The van der Waals surface area contributed by atoms with Crippen LogP contribution < -0.4 is 0 Å². The van der Waals surface area contributed by atoms with E-state index in [9.17, 15) is 18.5 Å². The first-order valence-electron chi connectivity index (χ1n) is 3.24. The summed E-state index contributed by atoms with van der Waals surface area (Å²) in [6.07, 6.45) is 0. The quantitative estimate of drug-likeness (QED) is 0.296. The van der Waals surface area contributed by atoms with Crippen LogP contribution in [0.1, 0.15) is 0 Å². The van der Waals surface area contributed by atoms with E-state index < -0.39 is 19.7 Å². The molecule has 1 aromatic rings. The SMILES string of the molecule is O=[N+]([O-])c1cc(S(=O)(=O)Cl)ccc1S.[Zn+2]. The van der Waals surface area contributed by atoms with Gasteiger partial charge in [-0.25, -0.2) is 8.42 Å². The molecule has 0 bridgehead atoms. The Balaban J connectivity index is 0.00000196. The fourth-order valence-electron chi connectivity index (χ4n) is 0.801. The first-order valence-corrected chi connectivity index (χ1v) is 6.00. The predicted molar refractivity (Wildman–Crippen MR) is 53.4 cm³/mol. The van der Waals surface area contributed by atoms with Crippen molar-refractivity contribution in [2.45, 2.75) is 9.79 Å². The first kappa shape index (κ1) is 14.8. The minimum absolute atomic E-state index is 0. The topological polar surface area (TPSA) is 77.3 Å². The van der Waals surface area contributed by atoms with Gasteiger partial charge in [-0.15, -0.1) is 12.6 Å². The van der Waals surface area contributed by atoms with Gasteiger partial charge in [0.2, 0.25) is 0 Å². The van der Waals surface area contributed by atoms with E-state index in [4.69, 9.17) is 10.7 Å². The molecule has 0 radical (unpaired) electrons. The minimum Gasteiger partial charge on any atom is -0.258 e. The van der Waals surface area contributed by atoms with E-state index >= 15 is 0 Å². The Morgan fingerprint density at radius 1 is 1.40 bits per heavy atom. The molecule has 0 aliphatic heterocycles. The number of hydrogen-bond donors (Lipinski definition) is 1. The second kappa shape index (κ2) is 5.25. The molecule has 1 aromatic carbocycles. The van der Waals surface area contributed by atoms with Gasteiger partial charge < -0.3 is 0 Å². The van der Waals surface area contributed by atoms with Crippen LogP contribution in [0.25, 0.3) is 0 Å². The monoisotopic (exact) mass is 317 g/mol. The van der Waals surface area contributed by atoms with Crippen molar-refractivity contribution in [3.8, 4) is 0 Å². The number of hydrogen-bond acceptors (Lipinski definition) is 5. The fraction of sp³-hybridized carbons (Fsp3) is 0. The van der Waals surface area contributed by atoms with Crippen molar-refractivity contribution in [3.63, 3.8) is 0 Å². The predicted octanol–water partition coefficient (Wildman–Crippen LogP) is 1.81. The van der Waals surface area contributed by atoms with E-state index in [0.29, 0.717) is 0 Å². The summed E-state index contributed by atoms with van der Waals surface area (Å²) in [5.41, 5.74) is -0.393. The second-order valence-corrected chi connectivity index (χ2v) is 5.39. The molecule has 0 atom stereocenters. The van der Waals surface area contributed by atoms with Crippen LogP contribution in [0.3, 0.4) is 0 Å². The van der Waals surface area contributed by atoms with Gasteiger partial charge in [-0.2, -0.15) is 0 Å². The molecule has 0 fully saturated rings. The molecule has 0 spiro atoms. The number of nitrogens with zero attached hydrogens (tertiary/aromatic N) is 1. The molecule has 9 heteroatoms. The minimum atomic E-state index is -3.94. The molecular weight excluding hydrogens is 315 g/mol. The maximum absolute atomic E-state index is 10.8. The summed E-state index contributed by atoms with van der Waals surface area (Å²) in [6, 6.07) is 3.22. The largest absolute Gasteiger partial charge is 2.00 e. The Bertz CT molecular complexity index is 490. The second-order valence-electron chi connectivity index (χ2n) is 2.35. The summed E-state index contributed by atoms with van der Waals surface area (Å²) in [4.78, 5) is 9.46. The Kier molecular flexibility index (Phi) is 5.19. The van der Waals surface area contributed by atoms with Gasteiger partial charge in [0.15, 0.2) is 0 Å². The summed E-state index contributed by atoms with van der Waals surface area (Å²) >= 11 is 3.80. The van der Waals surface area contributed by atoms with Gasteiger partial charge in [0.25, 0.3) is 14.7 Å². The number of rotatable bonds is 2. The van der Waals surface area contributed by atoms with Crippen LogP contribution in [-0.2, 0) is 28.5 Å². The first-order chi connectivity index (χ1) is 6.32. The summed E-state index contributed by atoms with van der Waals surface area (Å²) in [5, 5.41) is 10.4. The van der Waals surface area contributed by atoms with E-state index in [0.717, 1.165) is 12.1 Å². The van der Waals surface area contributed by atoms with Crippen LogP contribution in [0, 0.1) is 10.1 Å². The molecule has 5 nitrogen and oxygen atoms in total. The zero-order valence-electron chi connectivity index (χ0n) is 7.25. The van der Waals surface area contributed by atoms with E-state index in [2.05, 4.69) is 12.6 Å². The normalized spacial score (nSPS) is 10.5. The van der Waals surface area contributed by atoms with Crippen LogP contribution in [0.2, 0.25) is 0 Å². The molecule has 0 aromatic heterocycles. The van der Waals surface area contributed by atoms with Gasteiger partial charge in [-0.1, -0.05) is 0 Å². The van der Waals surface area contributed by atoms with E-state index in [-0.39, 0.29) is 29.3 Å². The fourth-order valence-corrected chi connectivity index (χ4v) is 1.79. The van der Waals surface area contributed by atoms with Crippen molar-refractivity contribution >= 4 is 38.0 Å². The smallest absolute Gasteiger partial charge is 0.258 e. The molecule has 0 aliphatic rings. The third-order valence-corrected chi connectivity index (χ3v) is 3.15. The van der Waals surface area contributed by atoms with Gasteiger partial charge >= 0.3 is 19.5 Å². The van der Waals surface area contributed by atoms with Crippen molar-refractivity contribution in [3.05, 3.63) is 28.3 Å². The molecule has 0 saturated heterocycles. The van der Waals surface area contributed by atoms with Crippen LogP contribution in [0.15, 0.2) is 28.0 Å². The van der Waals surface area contributed by atoms with Crippen molar-refractivity contribution < 1.29 is 32.8 Å². The van der Waals surface area contributed by atoms with Gasteiger partial charge in [-0.3, -0.25) is 10.1 Å². The van der Waals surface area contributed by atoms with Crippen LogP contribution >= 0.6 is 23.3 Å². The van der Waals surface area contributed by atoms with Gasteiger partial charge in [-0.05, 0) is 12.1 Å². The molecule has 0 unspecified atom stereocenters. The van der Waals surface area contributed by atoms with Gasteiger partial charge in [0.05, 0.1) is 14.7 Å². The zero-order valence-corrected chi connectivity index (χ0v) is 12.7. The number of benzene rings is 1. The maximum Gasteiger partial charge on any atom is 2.00 e.